The molecule has 27 heavy (non-hydrogen) atoms. The summed E-state index contributed by atoms with van der Waals surface area (Å²) in [5, 5.41) is 0. The Morgan fingerprint density at radius 2 is 1.63 bits per heavy atom. The summed E-state index contributed by atoms with van der Waals surface area (Å²) in [4.78, 5) is 40.7. The third-order valence-corrected chi connectivity index (χ3v) is 5.83. The van der Waals surface area contributed by atoms with Crippen molar-refractivity contribution in [3.63, 3.8) is 0 Å². The summed E-state index contributed by atoms with van der Waals surface area (Å²) in [6.45, 7) is 0. The number of benzene rings is 2. The summed E-state index contributed by atoms with van der Waals surface area (Å²) in [7, 11) is 1.66. The van der Waals surface area contributed by atoms with Gasteiger partial charge in [0.15, 0.2) is 4.32 Å². The summed E-state index contributed by atoms with van der Waals surface area (Å²) in [6, 6.07) is 13.8. The lowest BCUT2D eigenvalue weighted by Crippen LogP contribution is -2.30. The zero-order chi connectivity index (χ0) is 19.3. The van der Waals surface area contributed by atoms with E-state index in [0.717, 1.165) is 17.4 Å². The molecule has 2 aliphatic heterocycles. The molecule has 0 saturated carbocycles. The average Bonchev–Trinajstić information content (AvgIpc) is 3.08. The molecule has 0 bridgehead atoms. The Hall–Kier alpha value is -2.97. The van der Waals surface area contributed by atoms with Gasteiger partial charge in [0.05, 0.1) is 27.4 Å². The summed E-state index contributed by atoms with van der Waals surface area (Å²) in [5.74, 6) is -1.36. The molecule has 1 saturated heterocycles. The van der Waals surface area contributed by atoms with Gasteiger partial charge in [-0.15, -0.1) is 0 Å². The minimum absolute atomic E-state index is 0.190. The van der Waals surface area contributed by atoms with Crippen molar-refractivity contribution < 1.29 is 14.4 Å². The molecule has 2 aromatic carbocycles. The number of amides is 3. The highest BCUT2D eigenvalue weighted by Gasteiger charge is 2.42. The predicted molar refractivity (Wildman–Crippen MR) is 109 cm³/mol. The molecule has 0 aliphatic carbocycles. The van der Waals surface area contributed by atoms with Crippen molar-refractivity contribution in [2.75, 3.05) is 16.8 Å². The van der Waals surface area contributed by atoms with Crippen molar-refractivity contribution in [2.45, 2.75) is 0 Å². The van der Waals surface area contributed by atoms with Crippen LogP contribution in [-0.2, 0) is 9.59 Å². The SMILES string of the molecule is CN1C(=O)/C(=C2\SC(=S)N(c3ccccc3C(N)=O)C2=O)c2ccccc21. The van der Waals surface area contributed by atoms with Crippen LogP contribution in [0.15, 0.2) is 53.4 Å². The van der Waals surface area contributed by atoms with Gasteiger partial charge in [0, 0.05) is 12.6 Å². The highest BCUT2D eigenvalue weighted by atomic mass is 32.2. The van der Waals surface area contributed by atoms with Gasteiger partial charge in [-0.1, -0.05) is 54.3 Å². The smallest absolute Gasteiger partial charge is 0.271 e. The van der Waals surface area contributed by atoms with Crippen LogP contribution in [0.25, 0.3) is 5.57 Å². The fourth-order valence-corrected chi connectivity index (χ4v) is 4.55. The van der Waals surface area contributed by atoms with Gasteiger partial charge < -0.3 is 10.6 Å². The molecule has 0 radical (unpaired) electrons. The van der Waals surface area contributed by atoms with E-state index in [2.05, 4.69) is 0 Å². The van der Waals surface area contributed by atoms with Crippen molar-refractivity contribution in [1.82, 2.24) is 0 Å². The van der Waals surface area contributed by atoms with Gasteiger partial charge in [-0.2, -0.15) is 0 Å². The zero-order valence-electron chi connectivity index (χ0n) is 14.1. The molecule has 6 nitrogen and oxygen atoms in total. The van der Waals surface area contributed by atoms with Gasteiger partial charge >= 0.3 is 0 Å². The number of primary amides is 1. The van der Waals surface area contributed by atoms with Gasteiger partial charge in [-0.3, -0.25) is 19.3 Å². The standard InChI is InChI=1S/C19H13N3O3S2/c1-21-12-8-4-2-6-10(12)14(17(21)24)15-18(25)22(19(26)27-15)13-9-5-3-7-11(13)16(20)23/h2-9H,1H3,(H2,20,23)/b15-14-. The number of nitrogens with two attached hydrogens (primary N) is 1. The monoisotopic (exact) mass is 395 g/mol. The fourth-order valence-electron chi connectivity index (χ4n) is 3.19. The minimum Gasteiger partial charge on any atom is -0.366 e. The van der Waals surface area contributed by atoms with Crippen molar-refractivity contribution in [3.05, 3.63) is 64.6 Å². The number of hydrogen-bond donors (Lipinski definition) is 1. The van der Waals surface area contributed by atoms with E-state index >= 15 is 0 Å². The van der Waals surface area contributed by atoms with Crippen LogP contribution in [0.5, 0.6) is 0 Å². The van der Waals surface area contributed by atoms with E-state index in [4.69, 9.17) is 18.0 Å². The van der Waals surface area contributed by atoms with Gasteiger partial charge in [-0.25, -0.2) is 0 Å². The first-order valence-corrected chi connectivity index (χ1v) is 9.21. The van der Waals surface area contributed by atoms with Crippen LogP contribution in [-0.4, -0.2) is 29.1 Å². The first-order chi connectivity index (χ1) is 12.9. The van der Waals surface area contributed by atoms with Gasteiger partial charge in [0.1, 0.15) is 0 Å². The number of anilines is 2. The molecule has 0 atom stereocenters. The number of nitrogens with zero attached hydrogens (tertiary/aromatic N) is 2. The van der Waals surface area contributed by atoms with E-state index in [0.29, 0.717) is 16.8 Å². The number of thiocarbonyl (C=S) groups is 1. The van der Waals surface area contributed by atoms with E-state index in [-0.39, 0.29) is 20.7 Å². The molecular formula is C19H13N3O3S2. The summed E-state index contributed by atoms with van der Waals surface area (Å²) >= 11 is 6.43. The zero-order valence-corrected chi connectivity index (χ0v) is 15.8. The van der Waals surface area contributed by atoms with E-state index in [1.807, 2.05) is 18.2 Å². The summed E-state index contributed by atoms with van der Waals surface area (Å²) in [5.41, 5.74) is 7.69. The van der Waals surface area contributed by atoms with E-state index < -0.39 is 11.8 Å². The van der Waals surface area contributed by atoms with Gasteiger partial charge in [-0.05, 0) is 18.2 Å². The van der Waals surface area contributed by atoms with Gasteiger partial charge in [0.2, 0.25) is 0 Å². The highest BCUT2D eigenvalue weighted by molar-refractivity contribution is 8.27. The molecule has 2 aromatic rings. The second-order valence-electron chi connectivity index (χ2n) is 5.98. The number of likely N-dealkylation sites (N-methyl/N-ethyl adjacent to an activating group) is 1. The molecule has 1 fully saturated rings. The molecule has 8 heteroatoms. The number of para-hydroxylation sites is 2. The molecule has 0 unspecified atom stereocenters. The second kappa shape index (κ2) is 6.33. The van der Waals surface area contributed by atoms with Crippen molar-refractivity contribution in [3.8, 4) is 0 Å². The van der Waals surface area contributed by atoms with E-state index in [9.17, 15) is 14.4 Å². The largest absolute Gasteiger partial charge is 0.366 e. The van der Waals surface area contributed by atoms with Crippen LogP contribution < -0.4 is 15.5 Å². The summed E-state index contributed by atoms with van der Waals surface area (Å²) in [6.07, 6.45) is 0. The highest BCUT2D eigenvalue weighted by Crippen LogP contribution is 2.45. The molecule has 2 N–H and O–H groups in total. The van der Waals surface area contributed by atoms with Gasteiger partial charge in [0.25, 0.3) is 17.7 Å². The van der Waals surface area contributed by atoms with Crippen LogP contribution in [0.4, 0.5) is 11.4 Å². The molecule has 134 valence electrons. The molecule has 3 amide bonds. The number of carbonyl (C=O) groups excluding carboxylic acids is 3. The van der Waals surface area contributed by atoms with Crippen LogP contribution >= 0.6 is 24.0 Å². The third kappa shape index (κ3) is 2.56. The fraction of sp³-hybridized carbons (Fsp3) is 0.0526. The Kier molecular flexibility index (Phi) is 4.09. The number of hydrogen-bond acceptors (Lipinski definition) is 5. The maximum atomic E-state index is 13.2. The number of rotatable bonds is 2. The summed E-state index contributed by atoms with van der Waals surface area (Å²) < 4.78 is 0.246. The molecule has 2 aliphatic rings. The first-order valence-electron chi connectivity index (χ1n) is 7.98. The minimum atomic E-state index is -0.658. The van der Waals surface area contributed by atoms with Crippen LogP contribution in [0.2, 0.25) is 0 Å². The van der Waals surface area contributed by atoms with Crippen LogP contribution in [0.1, 0.15) is 15.9 Å². The average molecular weight is 395 g/mol. The predicted octanol–water partition coefficient (Wildman–Crippen LogP) is 2.54. The molecule has 0 aromatic heterocycles. The third-order valence-electron chi connectivity index (χ3n) is 4.46. The van der Waals surface area contributed by atoms with Crippen LogP contribution in [0.3, 0.4) is 0 Å². The quantitative estimate of drug-likeness (QED) is 0.624. The topological polar surface area (TPSA) is 83.7 Å². The molecular weight excluding hydrogens is 382 g/mol. The van der Waals surface area contributed by atoms with Crippen molar-refractivity contribution in [1.29, 1.82) is 0 Å². The Morgan fingerprint density at radius 1 is 1.00 bits per heavy atom. The molecule has 2 heterocycles. The van der Waals surface area contributed by atoms with Crippen molar-refractivity contribution in [2.24, 2.45) is 5.73 Å². The lowest BCUT2D eigenvalue weighted by atomic mass is 10.1. The maximum absolute atomic E-state index is 13.2. The van der Waals surface area contributed by atoms with Crippen LogP contribution in [0, 0.1) is 0 Å². The number of carbonyl (C=O) groups is 3. The van der Waals surface area contributed by atoms with Crippen molar-refractivity contribution >= 4 is 63.0 Å². The number of fused-ring (bicyclic) bond motifs is 1. The Balaban J connectivity index is 1.87. The molecule has 0 spiro atoms. The second-order valence-corrected chi connectivity index (χ2v) is 7.62. The lowest BCUT2D eigenvalue weighted by molar-refractivity contribution is -0.115. The first kappa shape index (κ1) is 17.4. The maximum Gasteiger partial charge on any atom is 0.271 e. The van der Waals surface area contributed by atoms with E-state index in [1.54, 1.807) is 31.3 Å². The van der Waals surface area contributed by atoms with E-state index in [1.165, 1.54) is 15.9 Å². The molecule has 4 rings (SSSR count). The lowest BCUT2D eigenvalue weighted by Gasteiger charge is -2.17. The Labute approximate surface area is 164 Å². The Bertz CT molecular complexity index is 1080. The Morgan fingerprint density at radius 3 is 2.33 bits per heavy atom. The number of thioether (sulfide) groups is 1. The normalized spacial score (nSPS) is 19.1.